The minimum Gasteiger partial charge on any atom is -0.493 e. The van der Waals surface area contributed by atoms with Crippen LogP contribution < -0.4 is 15.8 Å². The summed E-state index contributed by atoms with van der Waals surface area (Å²) in [4.78, 5) is 28.4. The third kappa shape index (κ3) is 4.36. The van der Waals surface area contributed by atoms with Gasteiger partial charge >= 0.3 is 0 Å². The topological polar surface area (TPSA) is 104 Å². The standard InChI is InChI=1S/C22H25F2N3O4/c1-10(2)18-11(3)16(13-5-6-14(23)17(24)19(13)30-4)20(31-18)22(29)27-12-7-8-26-15(9-12)21(25)28/h5-11,16,18,20H,1-4H3,(H2,25,28)(H,26,27,29)/t11-,16-,18?,20+/m0/s1. The number of aromatic nitrogens is 1. The predicted molar refractivity (Wildman–Crippen MR) is 110 cm³/mol. The van der Waals surface area contributed by atoms with Crippen LogP contribution in [0.15, 0.2) is 30.5 Å². The molecule has 1 aromatic carbocycles. The Bertz CT molecular complexity index is 999. The van der Waals surface area contributed by atoms with Crippen LogP contribution in [0, 0.1) is 23.5 Å². The molecule has 1 unspecified atom stereocenters. The molecule has 166 valence electrons. The molecule has 9 heteroatoms. The molecule has 0 aliphatic carbocycles. The number of benzene rings is 1. The van der Waals surface area contributed by atoms with Crippen LogP contribution in [-0.2, 0) is 9.53 Å². The highest BCUT2D eigenvalue weighted by molar-refractivity contribution is 5.97. The zero-order chi connectivity index (χ0) is 22.9. The van der Waals surface area contributed by atoms with Gasteiger partial charge in [-0.2, -0.15) is 4.39 Å². The summed E-state index contributed by atoms with van der Waals surface area (Å²) in [6, 6.07) is 5.30. The lowest BCUT2D eigenvalue weighted by Gasteiger charge is -2.24. The van der Waals surface area contributed by atoms with Crippen molar-refractivity contribution in [3.8, 4) is 5.75 Å². The molecule has 7 nitrogen and oxygen atoms in total. The second-order valence-electron chi connectivity index (χ2n) is 7.92. The highest BCUT2D eigenvalue weighted by atomic mass is 19.2. The molecule has 1 aliphatic rings. The van der Waals surface area contributed by atoms with E-state index in [2.05, 4.69) is 10.3 Å². The number of hydrogen-bond acceptors (Lipinski definition) is 5. The number of anilines is 1. The maximum atomic E-state index is 14.4. The molecular formula is C22H25F2N3O4. The Balaban J connectivity index is 1.99. The molecule has 0 radical (unpaired) electrons. The first-order valence-corrected chi connectivity index (χ1v) is 9.89. The summed E-state index contributed by atoms with van der Waals surface area (Å²) in [6.07, 6.45) is 0.0595. The average molecular weight is 433 g/mol. The summed E-state index contributed by atoms with van der Waals surface area (Å²) < 4.78 is 39.4. The highest BCUT2D eigenvalue weighted by Gasteiger charge is 2.48. The minimum absolute atomic E-state index is 0.00242. The van der Waals surface area contributed by atoms with Gasteiger partial charge in [-0.1, -0.05) is 26.8 Å². The van der Waals surface area contributed by atoms with Crippen molar-refractivity contribution in [2.75, 3.05) is 12.4 Å². The van der Waals surface area contributed by atoms with E-state index in [0.29, 0.717) is 11.3 Å². The third-order valence-corrected chi connectivity index (χ3v) is 5.55. The second-order valence-corrected chi connectivity index (χ2v) is 7.92. The van der Waals surface area contributed by atoms with Crippen molar-refractivity contribution in [2.24, 2.45) is 17.6 Å². The van der Waals surface area contributed by atoms with E-state index in [9.17, 15) is 18.4 Å². The quantitative estimate of drug-likeness (QED) is 0.728. The lowest BCUT2D eigenvalue weighted by molar-refractivity contribution is -0.128. The number of methoxy groups -OCH3 is 1. The number of rotatable bonds is 6. The van der Waals surface area contributed by atoms with Crippen LogP contribution in [0.2, 0.25) is 0 Å². The van der Waals surface area contributed by atoms with E-state index < -0.39 is 35.5 Å². The fourth-order valence-corrected chi connectivity index (χ4v) is 4.17. The maximum absolute atomic E-state index is 14.4. The van der Waals surface area contributed by atoms with E-state index in [4.69, 9.17) is 15.2 Å². The van der Waals surface area contributed by atoms with Crippen LogP contribution in [-0.4, -0.2) is 36.1 Å². The van der Waals surface area contributed by atoms with Crippen LogP contribution in [0.1, 0.15) is 42.7 Å². The fraction of sp³-hybridized carbons (Fsp3) is 0.409. The van der Waals surface area contributed by atoms with Gasteiger partial charge in [0.05, 0.1) is 13.2 Å². The fourth-order valence-electron chi connectivity index (χ4n) is 4.17. The Morgan fingerprint density at radius 3 is 2.58 bits per heavy atom. The summed E-state index contributed by atoms with van der Waals surface area (Å²) >= 11 is 0. The summed E-state index contributed by atoms with van der Waals surface area (Å²) in [5.74, 6) is -4.32. The van der Waals surface area contributed by atoms with Crippen LogP contribution in [0.4, 0.5) is 14.5 Å². The Hall–Kier alpha value is -3.07. The number of carbonyl (C=O) groups is 2. The summed E-state index contributed by atoms with van der Waals surface area (Å²) in [7, 11) is 1.25. The predicted octanol–water partition coefficient (Wildman–Crippen LogP) is 3.25. The molecule has 0 spiro atoms. The van der Waals surface area contributed by atoms with Gasteiger partial charge < -0.3 is 20.5 Å². The number of nitrogens with one attached hydrogen (secondary N) is 1. The van der Waals surface area contributed by atoms with E-state index in [1.54, 1.807) is 0 Å². The molecule has 0 bridgehead atoms. The highest BCUT2D eigenvalue weighted by Crippen LogP contribution is 2.46. The first kappa shape index (κ1) is 22.6. The first-order chi connectivity index (χ1) is 14.6. The van der Waals surface area contributed by atoms with Gasteiger partial charge in [0, 0.05) is 23.4 Å². The number of pyridine rings is 1. The Kier molecular flexibility index (Phi) is 6.54. The van der Waals surface area contributed by atoms with E-state index in [1.165, 1.54) is 31.5 Å². The average Bonchev–Trinajstić information content (AvgIpc) is 3.07. The zero-order valence-electron chi connectivity index (χ0n) is 17.7. The van der Waals surface area contributed by atoms with E-state index in [-0.39, 0.29) is 29.4 Å². The third-order valence-electron chi connectivity index (χ3n) is 5.55. The maximum Gasteiger partial charge on any atom is 0.267 e. The van der Waals surface area contributed by atoms with Crippen molar-refractivity contribution < 1.29 is 27.8 Å². The summed E-state index contributed by atoms with van der Waals surface area (Å²) in [5, 5.41) is 2.70. The molecule has 2 aromatic rings. The van der Waals surface area contributed by atoms with Gasteiger partial charge in [-0.05, 0) is 30.0 Å². The molecule has 1 saturated heterocycles. The van der Waals surface area contributed by atoms with Gasteiger partial charge in [-0.25, -0.2) is 4.39 Å². The molecule has 3 rings (SSSR count). The number of nitrogens with two attached hydrogens (primary N) is 1. The summed E-state index contributed by atoms with van der Waals surface area (Å²) in [6.45, 7) is 5.83. The molecule has 2 amide bonds. The van der Waals surface area contributed by atoms with Crippen molar-refractivity contribution in [1.82, 2.24) is 4.98 Å². The van der Waals surface area contributed by atoms with Crippen molar-refractivity contribution in [2.45, 2.75) is 38.9 Å². The molecule has 1 aromatic heterocycles. The first-order valence-electron chi connectivity index (χ1n) is 9.89. The summed E-state index contributed by atoms with van der Waals surface area (Å²) in [5.41, 5.74) is 5.91. The van der Waals surface area contributed by atoms with Gasteiger partial charge in [0.1, 0.15) is 11.8 Å². The van der Waals surface area contributed by atoms with Gasteiger partial charge in [-0.15, -0.1) is 0 Å². The van der Waals surface area contributed by atoms with Gasteiger partial charge in [-0.3, -0.25) is 14.6 Å². The Morgan fingerprint density at radius 1 is 1.26 bits per heavy atom. The molecule has 31 heavy (non-hydrogen) atoms. The molecule has 3 N–H and O–H groups in total. The minimum atomic E-state index is -1.11. The van der Waals surface area contributed by atoms with Gasteiger partial charge in [0.2, 0.25) is 5.82 Å². The smallest absolute Gasteiger partial charge is 0.267 e. The number of nitrogens with zero attached hydrogens (tertiary/aromatic N) is 1. The number of amides is 2. The molecule has 1 fully saturated rings. The Labute approximate surface area is 178 Å². The monoisotopic (exact) mass is 433 g/mol. The van der Waals surface area contributed by atoms with E-state index in [1.807, 2.05) is 20.8 Å². The molecule has 0 saturated carbocycles. The zero-order valence-corrected chi connectivity index (χ0v) is 17.7. The second kappa shape index (κ2) is 8.97. The number of halogens is 2. The number of ether oxygens (including phenoxy) is 2. The van der Waals surface area contributed by atoms with Crippen molar-refractivity contribution in [1.29, 1.82) is 0 Å². The van der Waals surface area contributed by atoms with Crippen LogP contribution in [0.25, 0.3) is 0 Å². The van der Waals surface area contributed by atoms with Gasteiger partial charge in [0.25, 0.3) is 11.8 Å². The number of hydrogen-bond donors (Lipinski definition) is 2. The molecule has 1 aliphatic heterocycles. The van der Waals surface area contributed by atoms with Crippen molar-refractivity contribution >= 4 is 17.5 Å². The largest absolute Gasteiger partial charge is 0.493 e. The van der Waals surface area contributed by atoms with Crippen LogP contribution in [0.3, 0.4) is 0 Å². The lowest BCUT2D eigenvalue weighted by Crippen LogP contribution is -2.33. The van der Waals surface area contributed by atoms with Crippen LogP contribution >= 0.6 is 0 Å². The van der Waals surface area contributed by atoms with E-state index in [0.717, 1.165) is 6.07 Å². The number of primary amides is 1. The lowest BCUT2D eigenvalue weighted by atomic mass is 9.79. The van der Waals surface area contributed by atoms with Crippen LogP contribution in [0.5, 0.6) is 5.75 Å². The normalized spacial score (nSPS) is 23.1. The van der Waals surface area contributed by atoms with E-state index >= 15 is 0 Å². The number of carbonyl (C=O) groups excluding carboxylic acids is 2. The molecule has 4 atom stereocenters. The molecular weight excluding hydrogens is 408 g/mol. The van der Waals surface area contributed by atoms with Crippen molar-refractivity contribution in [3.63, 3.8) is 0 Å². The van der Waals surface area contributed by atoms with Crippen molar-refractivity contribution in [3.05, 3.63) is 53.4 Å². The van der Waals surface area contributed by atoms with Gasteiger partial charge in [0.15, 0.2) is 11.6 Å². The SMILES string of the molecule is COc1c([C@@H]2[C@H](C)C(C(C)C)O[C@H]2C(=O)Nc2ccnc(C(N)=O)c2)ccc(F)c1F. The molecule has 2 heterocycles. The Morgan fingerprint density at radius 2 is 1.97 bits per heavy atom.